The van der Waals surface area contributed by atoms with Crippen molar-refractivity contribution in [2.45, 2.75) is 37.6 Å². The van der Waals surface area contributed by atoms with E-state index in [1.54, 1.807) is 7.11 Å². The van der Waals surface area contributed by atoms with E-state index in [-0.39, 0.29) is 0 Å². The summed E-state index contributed by atoms with van der Waals surface area (Å²) in [7, 11) is 1.74. The Morgan fingerprint density at radius 1 is 1.17 bits per heavy atom. The van der Waals surface area contributed by atoms with Crippen LogP contribution in [0, 0.1) is 0 Å². The molecule has 1 N–H and O–H groups in total. The smallest absolute Gasteiger partial charge is 0.0613 e. The van der Waals surface area contributed by atoms with Gasteiger partial charge in [0, 0.05) is 30.3 Å². The average molecular weight is 267 g/mol. The van der Waals surface area contributed by atoms with Gasteiger partial charge < -0.3 is 10.1 Å². The molecule has 0 radical (unpaired) electrons. The molecule has 0 saturated carbocycles. The maximum Gasteiger partial charge on any atom is 0.0613 e. The third-order valence-electron chi connectivity index (χ3n) is 2.83. The molecule has 1 rings (SSSR count). The Labute approximate surface area is 116 Å². The molecule has 0 amide bonds. The molecule has 0 heterocycles. The van der Waals surface area contributed by atoms with Crippen molar-refractivity contribution in [1.82, 2.24) is 5.32 Å². The SMILES string of the molecule is COCC(C)NCCSc1ccc(C(C)C)cc1. The summed E-state index contributed by atoms with van der Waals surface area (Å²) in [6, 6.07) is 9.33. The predicted molar refractivity (Wildman–Crippen MR) is 80.6 cm³/mol. The lowest BCUT2D eigenvalue weighted by molar-refractivity contribution is 0.173. The van der Waals surface area contributed by atoms with Crippen molar-refractivity contribution in [1.29, 1.82) is 0 Å². The maximum atomic E-state index is 5.09. The molecule has 1 atom stereocenters. The number of benzene rings is 1. The van der Waals surface area contributed by atoms with Crippen LogP contribution in [0.4, 0.5) is 0 Å². The van der Waals surface area contributed by atoms with Crippen LogP contribution in [-0.4, -0.2) is 32.1 Å². The van der Waals surface area contributed by atoms with Gasteiger partial charge in [0.1, 0.15) is 0 Å². The molecule has 18 heavy (non-hydrogen) atoms. The summed E-state index contributed by atoms with van der Waals surface area (Å²) < 4.78 is 5.09. The summed E-state index contributed by atoms with van der Waals surface area (Å²) in [5, 5.41) is 3.44. The van der Waals surface area contributed by atoms with Crippen LogP contribution < -0.4 is 5.32 Å². The lowest BCUT2D eigenvalue weighted by Crippen LogP contribution is -2.31. The summed E-state index contributed by atoms with van der Waals surface area (Å²) in [6.45, 7) is 8.38. The van der Waals surface area contributed by atoms with Crippen LogP contribution in [0.1, 0.15) is 32.3 Å². The Kier molecular flexibility index (Phi) is 7.40. The fraction of sp³-hybridized carbons (Fsp3) is 0.600. The lowest BCUT2D eigenvalue weighted by atomic mass is 10.0. The summed E-state index contributed by atoms with van der Waals surface area (Å²) in [5.41, 5.74) is 1.41. The number of nitrogens with one attached hydrogen (secondary N) is 1. The topological polar surface area (TPSA) is 21.3 Å². The molecule has 2 nitrogen and oxygen atoms in total. The number of methoxy groups -OCH3 is 1. The van der Waals surface area contributed by atoms with Gasteiger partial charge in [0.05, 0.1) is 6.61 Å². The highest BCUT2D eigenvalue weighted by Gasteiger charge is 2.01. The molecule has 0 aliphatic rings. The maximum absolute atomic E-state index is 5.09. The van der Waals surface area contributed by atoms with E-state index >= 15 is 0 Å². The van der Waals surface area contributed by atoms with E-state index < -0.39 is 0 Å². The first-order valence-electron chi connectivity index (χ1n) is 6.58. The fourth-order valence-corrected chi connectivity index (χ4v) is 2.52. The second-order valence-corrected chi connectivity index (χ2v) is 6.05. The molecule has 1 unspecified atom stereocenters. The summed E-state index contributed by atoms with van der Waals surface area (Å²) in [4.78, 5) is 1.35. The van der Waals surface area contributed by atoms with Crippen LogP contribution >= 0.6 is 11.8 Å². The minimum Gasteiger partial charge on any atom is -0.383 e. The molecule has 0 aromatic heterocycles. The molecule has 0 aliphatic heterocycles. The van der Waals surface area contributed by atoms with Crippen molar-refractivity contribution in [3.63, 3.8) is 0 Å². The van der Waals surface area contributed by atoms with E-state index in [2.05, 4.69) is 50.4 Å². The summed E-state index contributed by atoms with van der Waals surface area (Å²) >= 11 is 1.90. The molecule has 0 spiro atoms. The fourth-order valence-electron chi connectivity index (χ4n) is 1.73. The Balaban J connectivity index is 2.23. The van der Waals surface area contributed by atoms with E-state index in [0.29, 0.717) is 12.0 Å². The average Bonchev–Trinajstić information content (AvgIpc) is 2.35. The highest BCUT2D eigenvalue weighted by Crippen LogP contribution is 2.21. The normalized spacial score (nSPS) is 12.9. The van der Waals surface area contributed by atoms with Gasteiger partial charge in [0.15, 0.2) is 0 Å². The van der Waals surface area contributed by atoms with Gasteiger partial charge in [-0.1, -0.05) is 26.0 Å². The van der Waals surface area contributed by atoms with Gasteiger partial charge >= 0.3 is 0 Å². The van der Waals surface area contributed by atoms with Gasteiger partial charge in [-0.25, -0.2) is 0 Å². The third-order valence-corrected chi connectivity index (χ3v) is 3.84. The minimum absolute atomic E-state index is 0.430. The second-order valence-electron chi connectivity index (χ2n) is 4.88. The molecular formula is C15H25NOS. The van der Waals surface area contributed by atoms with E-state index in [4.69, 9.17) is 4.74 Å². The van der Waals surface area contributed by atoms with Gasteiger partial charge in [0.25, 0.3) is 0 Å². The number of ether oxygens (including phenoxy) is 1. The van der Waals surface area contributed by atoms with Crippen LogP contribution in [0.5, 0.6) is 0 Å². The van der Waals surface area contributed by atoms with Crippen LogP contribution in [0.3, 0.4) is 0 Å². The zero-order valence-corrected chi connectivity index (χ0v) is 12.7. The molecule has 0 aliphatic carbocycles. The van der Waals surface area contributed by atoms with Crippen molar-refractivity contribution >= 4 is 11.8 Å². The van der Waals surface area contributed by atoms with Gasteiger partial charge in [-0.15, -0.1) is 11.8 Å². The highest BCUT2D eigenvalue weighted by atomic mass is 32.2. The van der Waals surface area contributed by atoms with Crippen LogP contribution in [-0.2, 0) is 4.74 Å². The Morgan fingerprint density at radius 2 is 1.83 bits per heavy atom. The first-order chi connectivity index (χ1) is 8.63. The van der Waals surface area contributed by atoms with Gasteiger partial charge in [-0.2, -0.15) is 0 Å². The standard InChI is InChI=1S/C15H25NOS/c1-12(2)14-5-7-15(8-6-14)18-10-9-16-13(3)11-17-4/h5-8,12-13,16H,9-11H2,1-4H3. The van der Waals surface area contributed by atoms with Crippen molar-refractivity contribution in [3.05, 3.63) is 29.8 Å². The van der Waals surface area contributed by atoms with Gasteiger partial charge in [-0.3, -0.25) is 0 Å². The number of hydrogen-bond donors (Lipinski definition) is 1. The van der Waals surface area contributed by atoms with E-state index in [1.807, 2.05) is 11.8 Å². The Hall–Kier alpha value is -0.510. The zero-order valence-electron chi connectivity index (χ0n) is 11.9. The third kappa shape index (κ3) is 5.89. The molecule has 0 fully saturated rings. The van der Waals surface area contributed by atoms with E-state index in [9.17, 15) is 0 Å². The largest absolute Gasteiger partial charge is 0.383 e. The monoisotopic (exact) mass is 267 g/mol. The zero-order chi connectivity index (χ0) is 13.4. The van der Waals surface area contributed by atoms with Crippen molar-refractivity contribution in [2.75, 3.05) is 26.0 Å². The first kappa shape index (κ1) is 15.5. The van der Waals surface area contributed by atoms with Gasteiger partial charge in [-0.05, 0) is 30.5 Å². The molecular weight excluding hydrogens is 242 g/mol. The summed E-state index contributed by atoms with van der Waals surface area (Å²) in [5.74, 6) is 1.70. The Bertz CT molecular complexity index is 324. The van der Waals surface area contributed by atoms with Gasteiger partial charge in [0.2, 0.25) is 0 Å². The Morgan fingerprint density at radius 3 is 2.39 bits per heavy atom. The number of hydrogen-bond acceptors (Lipinski definition) is 3. The summed E-state index contributed by atoms with van der Waals surface area (Å²) in [6.07, 6.45) is 0. The number of rotatable bonds is 8. The molecule has 1 aromatic rings. The first-order valence-corrected chi connectivity index (χ1v) is 7.57. The number of thioether (sulfide) groups is 1. The van der Waals surface area contributed by atoms with Crippen molar-refractivity contribution < 1.29 is 4.74 Å². The van der Waals surface area contributed by atoms with Crippen molar-refractivity contribution in [3.8, 4) is 0 Å². The lowest BCUT2D eigenvalue weighted by Gasteiger charge is -2.12. The molecule has 3 heteroatoms. The van der Waals surface area contributed by atoms with Crippen LogP contribution in [0.2, 0.25) is 0 Å². The molecule has 102 valence electrons. The minimum atomic E-state index is 0.430. The second kappa shape index (κ2) is 8.57. The highest BCUT2D eigenvalue weighted by molar-refractivity contribution is 7.99. The molecule has 0 bridgehead atoms. The quantitative estimate of drug-likeness (QED) is 0.575. The van der Waals surface area contributed by atoms with Crippen molar-refractivity contribution in [2.24, 2.45) is 0 Å². The van der Waals surface area contributed by atoms with Crippen LogP contribution in [0.25, 0.3) is 0 Å². The van der Waals surface area contributed by atoms with E-state index in [0.717, 1.165) is 18.9 Å². The van der Waals surface area contributed by atoms with Crippen LogP contribution in [0.15, 0.2) is 29.2 Å². The molecule has 1 aromatic carbocycles. The predicted octanol–water partition coefficient (Wildman–Crippen LogP) is 3.53. The molecule has 0 saturated heterocycles. The van der Waals surface area contributed by atoms with E-state index in [1.165, 1.54) is 10.5 Å².